The molecule has 0 saturated carbocycles. The monoisotopic (exact) mass is 211 g/mol. The van der Waals surface area contributed by atoms with Crippen molar-refractivity contribution in [1.82, 2.24) is 9.78 Å². The molecule has 0 radical (unpaired) electrons. The van der Waals surface area contributed by atoms with Gasteiger partial charge in [-0.1, -0.05) is 13.3 Å². The van der Waals surface area contributed by atoms with Gasteiger partial charge in [0.1, 0.15) is 0 Å². The number of rotatable bonds is 6. The van der Waals surface area contributed by atoms with Gasteiger partial charge in [-0.05, 0) is 13.3 Å². The van der Waals surface area contributed by atoms with E-state index < -0.39 is 0 Å². The Balaban J connectivity index is 2.68. The molecule has 4 heteroatoms. The highest BCUT2D eigenvalue weighted by molar-refractivity contribution is 5.11. The van der Waals surface area contributed by atoms with Crippen molar-refractivity contribution in [1.29, 1.82) is 0 Å². The van der Waals surface area contributed by atoms with E-state index in [2.05, 4.69) is 18.9 Å². The van der Waals surface area contributed by atoms with Crippen molar-refractivity contribution in [2.24, 2.45) is 5.73 Å². The van der Waals surface area contributed by atoms with Crippen LogP contribution in [0.3, 0.4) is 0 Å². The molecule has 0 aromatic carbocycles. The molecule has 0 aliphatic carbocycles. The smallest absolute Gasteiger partial charge is 0.0764 e. The number of hydrogen-bond donors (Lipinski definition) is 1. The first-order chi connectivity index (χ1) is 7.22. The van der Waals surface area contributed by atoms with Crippen molar-refractivity contribution < 1.29 is 4.74 Å². The van der Waals surface area contributed by atoms with Crippen LogP contribution in [-0.2, 0) is 11.3 Å². The Hall–Kier alpha value is -0.870. The highest BCUT2D eigenvalue weighted by Gasteiger charge is 2.19. The third-order valence-electron chi connectivity index (χ3n) is 2.64. The zero-order chi connectivity index (χ0) is 11.3. The minimum absolute atomic E-state index is 0.0738. The van der Waals surface area contributed by atoms with Gasteiger partial charge in [0.2, 0.25) is 0 Å². The largest absolute Gasteiger partial charge is 0.379 e. The lowest BCUT2D eigenvalue weighted by Gasteiger charge is -2.20. The van der Waals surface area contributed by atoms with E-state index >= 15 is 0 Å². The fourth-order valence-electron chi connectivity index (χ4n) is 1.67. The van der Waals surface area contributed by atoms with Gasteiger partial charge in [-0.2, -0.15) is 5.10 Å². The van der Waals surface area contributed by atoms with E-state index in [0.717, 1.165) is 24.9 Å². The Morgan fingerprint density at radius 3 is 2.73 bits per heavy atom. The first kappa shape index (κ1) is 12.2. The van der Waals surface area contributed by atoms with Gasteiger partial charge in [0, 0.05) is 25.4 Å². The lowest BCUT2D eigenvalue weighted by Crippen LogP contribution is -2.27. The summed E-state index contributed by atoms with van der Waals surface area (Å²) >= 11 is 0. The second-order valence-corrected chi connectivity index (χ2v) is 3.72. The molecular weight excluding hydrogens is 190 g/mol. The van der Waals surface area contributed by atoms with Gasteiger partial charge in [-0.3, -0.25) is 4.68 Å². The van der Waals surface area contributed by atoms with Gasteiger partial charge < -0.3 is 10.5 Å². The van der Waals surface area contributed by atoms with Crippen LogP contribution in [0.15, 0.2) is 12.4 Å². The summed E-state index contributed by atoms with van der Waals surface area (Å²) in [6.07, 6.45) is 5.97. The van der Waals surface area contributed by atoms with Gasteiger partial charge in [0.15, 0.2) is 0 Å². The maximum atomic E-state index is 6.13. The molecule has 2 unspecified atom stereocenters. The van der Waals surface area contributed by atoms with Crippen LogP contribution in [0.5, 0.6) is 0 Å². The first-order valence-corrected chi connectivity index (χ1v) is 5.53. The highest BCUT2D eigenvalue weighted by atomic mass is 16.5. The molecule has 2 N–H and O–H groups in total. The van der Waals surface area contributed by atoms with Crippen molar-refractivity contribution in [3.63, 3.8) is 0 Å². The van der Waals surface area contributed by atoms with Crippen LogP contribution < -0.4 is 5.73 Å². The molecule has 0 amide bonds. The minimum atomic E-state index is -0.0738. The van der Waals surface area contributed by atoms with Crippen LogP contribution in [0.2, 0.25) is 0 Å². The SMILES string of the molecule is CCCC(OC)C(N)c1cnn(CC)c1. The van der Waals surface area contributed by atoms with Crippen molar-refractivity contribution >= 4 is 0 Å². The lowest BCUT2D eigenvalue weighted by atomic mass is 10.0. The van der Waals surface area contributed by atoms with Crippen LogP contribution in [0.4, 0.5) is 0 Å². The van der Waals surface area contributed by atoms with Crippen molar-refractivity contribution in [2.45, 2.75) is 45.4 Å². The molecule has 4 nitrogen and oxygen atoms in total. The summed E-state index contributed by atoms with van der Waals surface area (Å²) in [6, 6.07) is -0.0738. The number of hydrogen-bond acceptors (Lipinski definition) is 3. The van der Waals surface area contributed by atoms with Gasteiger partial charge in [0.05, 0.1) is 18.3 Å². The van der Waals surface area contributed by atoms with Crippen LogP contribution in [0.25, 0.3) is 0 Å². The van der Waals surface area contributed by atoms with Crippen LogP contribution >= 0.6 is 0 Å². The van der Waals surface area contributed by atoms with Crippen LogP contribution in [-0.4, -0.2) is 23.0 Å². The zero-order valence-corrected chi connectivity index (χ0v) is 9.81. The van der Waals surface area contributed by atoms with E-state index in [9.17, 15) is 0 Å². The Morgan fingerprint density at radius 1 is 1.53 bits per heavy atom. The minimum Gasteiger partial charge on any atom is -0.379 e. The summed E-state index contributed by atoms with van der Waals surface area (Å²) < 4.78 is 7.27. The molecular formula is C11H21N3O. The number of ether oxygens (including phenoxy) is 1. The van der Waals surface area contributed by atoms with Crippen molar-refractivity contribution in [2.75, 3.05) is 7.11 Å². The molecule has 1 aromatic rings. The number of aryl methyl sites for hydroxylation is 1. The van der Waals surface area contributed by atoms with Gasteiger partial charge >= 0.3 is 0 Å². The summed E-state index contributed by atoms with van der Waals surface area (Å²) in [4.78, 5) is 0. The average molecular weight is 211 g/mol. The standard InChI is InChI=1S/C11H21N3O/c1-4-6-10(15-3)11(12)9-7-13-14(5-2)8-9/h7-8,10-11H,4-6,12H2,1-3H3. The quantitative estimate of drug-likeness (QED) is 0.779. The third-order valence-corrected chi connectivity index (χ3v) is 2.64. The van der Waals surface area contributed by atoms with Crippen LogP contribution in [0.1, 0.15) is 38.3 Å². The third kappa shape index (κ3) is 3.04. The predicted octanol–water partition coefficient (Wildman–Crippen LogP) is 1.72. The van der Waals surface area contributed by atoms with E-state index in [4.69, 9.17) is 10.5 Å². The number of aromatic nitrogens is 2. The topological polar surface area (TPSA) is 53.1 Å². The fourth-order valence-corrected chi connectivity index (χ4v) is 1.67. The summed E-state index contributed by atoms with van der Waals surface area (Å²) in [7, 11) is 1.71. The maximum Gasteiger partial charge on any atom is 0.0764 e. The second-order valence-electron chi connectivity index (χ2n) is 3.72. The molecule has 0 aliphatic heterocycles. The summed E-state index contributed by atoms with van der Waals surface area (Å²) in [5, 5.41) is 4.21. The molecule has 0 aliphatic rings. The lowest BCUT2D eigenvalue weighted by molar-refractivity contribution is 0.0725. The molecule has 2 atom stereocenters. The molecule has 0 bridgehead atoms. The molecule has 15 heavy (non-hydrogen) atoms. The van der Waals surface area contributed by atoms with E-state index in [1.807, 2.05) is 17.1 Å². The second kappa shape index (κ2) is 5.88. The molecule has 0 spiro atoms. The molecule has 1 aromatic heterocycles. The van der Waals surface area contributed by atoms with Gasteiger partial charge in [-0.15, -0.1) is 0 Å². The average Bonchev–Trinajstić information content (AvgIpc) is 2.73. The maximum absolute atomic E-state index is 6.13. The van der Waals surface area contributed by atoms with E-state index in [1.165, 1.54) is 0 Å². The Labute approximate surface area is 91.4 Å². The zero-order valence-electron chi connectivity index (χ0n) is 9.81. The molecule has 0 fully saturated rings. The number of nitrogens with two attached hydrogens (primary N) is 1. The Bertz CT molecular complexity index is 285. The summed E-state index contributed by atoms with van der Waals surface area (Å²) in [5.41, 5.74) is 7.18. The summed E-state index contributed by atoms with van der Waals surface area (Å²) in [6.45, 7) is 5.06. The van der Waals surface area contributed by atoms with E-state index in [-0.39, 0.29) is 12.1 Å². The van der Waals surface area contributed by atoms with Crippen LogP contribution in [0, 0.1) is 0 Å². The normalized spacial score (nSPS) is 15.2. The first-order valence-electron chi connectivity index (χ1n) is 5.53. The number of nitrogens with zero attached hydrogens (tertiary/aromatic N) is 2. The van der Waals surface area contributed by atoms with Crippen molar-refractivity contribution in [3.8, 4) is 0 Å². The van der Waals surface area contributed by atoms with E-state index in [0.29, 0.717) is 0 Å². The molecule has 0 saturated heterocycles. The molecule has 86 valence electrons. The molecule has 1 rings (SSSR count). The highest BCUT2D eigenvalue weighted by Crippen LogP contribution is 2.19. The van der Waals surface area contributed by atoms with E-state index in [1.54, 1.807) is 7.11 Å². The summed E-state index contributed by atoms with van der Waals surface area (Å²) in [5.74, 6) is 0. The Morgan fingerprint density at radius 2 is 2.27 bits per heavy atom. The molecule has 1 heterocycles. The fraction of sp³-hybridized carbons (Fsp3) is 0.727. The van der Waals surface area contributed by atoms with Crippen molar-refractivity contribution in [3.05, 3.63) is 18.0 Å². The number of methoxy groups -OCH3 is 1. The Kier molecular flexibility index (Phi) is 4.78. The van der Waals surface area contributed by atoms with Gasteiger partial charge in [-0.25, -0.2) is 0 Å². The predicted molar refractivity (Wildman–Crippen MR) is 60.5 cm³/mol. The van der Waals surface area contributed by atoms with Gasteiger partial charge in [0.25, 0.3) is 0 Å².